The van der Waals surface area contributed by atoms with Crippen LogP contribution in [0.15, 0.2) is 0 Å². The highest BCUT2D eigenvalue weighted by molar-refractivity contribution is 5.84. The summed E-state index contributed by atoms with van der Waals surface area (Å²) in [5.74, 6) is -0.223. The number of Topliss-reactive ketones (excluding diaryl/α,β-unsaturated/α-hetero) is 1. The van der Waals surface area contributed by atoms with E-state index in [9.17, 15) is 9.59 Å². The summed E-state index contributed by atoms with van der Waals surface area (Å²) in [4.78, 5) is 25.2. The number of rotatable bonds is 10. The Kier molecular flexibility index (Phi) is 7.67. The first-order valence-corrected chi connectivity index (χ1v) is 7.19. The number of esters is 1. The smallest absolute Gasteiger partial charge is 0.306 e. The zero-order chi connectivity index (χ0) is 14.1. The van der Waals surface area contributed by atoms with Crippen molar-refractivity contribution in [3.63, 3.8) is 0 Å². The number of nitrogens with zero attached hydrogens (tertiary/aromatic N) is 1. The lowest BCUT2D eigenvalue weighted by atomic mass is 9.91. The molecular weight excluding hydrogens is 246 g/mol. The van der Waals surface area contributed by atoms with Crippen LogP contribution < -0.4 is 0 Å². The van der Waals surface area contributed by atoms with Gasteiger partial charge in [0.2, 0.25) is 0 Å². The molecule has 0 bridgehead atoms. The van der Waals surface area contributed by atoms with Gasteiger partial charge in [-0.15, -0.1) is 0 Å². The molecule has 0 aromatic rings. The number of aliphatic hydroxyl groups is 1. The van der Waals surface area contributed by atoms with Crippen molar-refractivity contribution in [1.82, 2.24) is 4.90 Å². The Hall–Kier alpha value is -0.940. The Bertz CT molecular complexity index is 289. The average Bonchev–Trinajstić information content (AvgIpc) is 2.31. The SMILES string of the molecule is CCOC(=O)CCC(=O)CN(CCCO)C1CCC1. The van der Waals surface area contributed by atoms with Crippen LogP contribution in [0.4, 0.5) is 0 Å². The van der Waals surface area contributed by atoms with Crippen LogP contribution in [-0.2, 0) is 14.3 Å². The van der Waals surface area contributed by atoms with Gasteiger partial charge in [0.1, 0.15) is 5.78 Å². The van der Waals surface area contributed by atoms with Gasteiger partial charge >= 0.3 is 5.97 Å². The van der Waals surface area contributed by atoms with E-state index in [1.807, 2.05) is 0 Å². The third-order valence-corrected chi connectivity index (χ3v) is 3.49. The van der Waals surface area contributed by atoms with E-state index in [-0.39, 0.29) is 31.2 Å². The minimum atomic E-state index is -0.304. The van der Waals surface area contributed by atoms with Crippen LogP contribution in [0, 0.1) is 0 Å². The van der Waals surface area contributed by atoms with Crippen LogP contribution in [0.1, 0.15) is 45.4 Å². The Morgan fingerprint density at radius 3 is 2.58 bits per heavy atom. The van der Waals surface area contributed by atoms with Crippen LogP contribution in [0.3, 0.4) is 0 Å². The molecule has 5 nitrogen and oxygen atoms in total. The highest BCUT2D eigenvalue weighted by Gasteiger charge is 2.26. The first-order valence-electron chi connectivity index (χ1n) is 7.19. The molecule has 1 rings (SSSR count). The molecule has 1 saturated carbocycles. The number of hydrogen-bond donors (Lipinski definition) is 1. The molecule has 0 aliphatic heterocycles. The maximum absolute atomic E-state index is 11.9. The van der Waals surface area contributed by atoms with Crippen molar-refractivity contribution in [1.29, 1.82) is 0 Å². The second-order valence-electron chi connectivity index (χ2n) is 4.98. The number of carbonyl (C=O) groups excluding carboxylic acids is 2. The van der Waals surface area contributed by atoms with Gasteiger partial charge in [0, 0.05) is 25.6 Å². The van der Waals surface area contributed by atoms with Crippen molar-refractivity contribution in [3.05, 3.63) is 0 Å². The summed E-state index contributed by atoms with van der Waals surface area (Å²) in [6.07, 6.45) is 4.61. The predicted molar refractivity (Wildman–Crippen MR) is 71.8 cm³/mol. The molecule has 0 aromatic carbocycles. The van der Waals surface area contributed by atoms with Gasteiger partial charge in [0.25, 0.3) is 0 Å². The molecule has 0 saturated heterocycles. The van der Waals surface area contributed by atoms with E-state index in [0.717, 1.165) is 19.4 Å². The van der Waals surface area contributed by atoms with Crippen molar-refractivity contribution in [2.24, 2.45) is 0 Å². The van der Waals surface area contributed by atoms with Crippen molar-refractivity contribution in [3.8, 4) is 0 Å². The Labute approximate surface area is 114 Å². The van der Waals surface area contributed by atoms with Gasteiger partial charge < -0.3 is 9.84 Å². The number of hydrogen-bond acceptors (Lipinski definition) is 5. The molecule has 1 aliphatic rings. The van der Waals surface area contributed by atoms with Gasteiger partial charge in [-0.1, -0.05) is 6.42 Å². The second kappa shape index (κ2) is 9.04. The fraction of sp³-hybridized carbons (Fsp3) is 0.857. The van der Waals surface area contributed by atoms with Crippen LogP contribution >= 0.6 is 0 Å². The molecule has 19 heavy (non-hydrogen) atoms. The first-order chi connectivity index (χ1) is 9.17. The monoisotopic (exact) mass is 271 g/mol. The number of ketones is 1. The van der Waals surface area contributed by atoms with Gasteiger partial charge in [0.05, 0.1) is 19.6 Å². The van der Waals surface area contributed by atoms with Gasteiger partial charge in [-0.2, -0.15) is 0 Å². The molecule has 1 N–H and O–H groups in total. The number of aliphatic hydroxyl groups excluding tert-OH is 1. The molecule has 1 aliphatic carbocycles. The van der Waals surface area contributed by atoms with E-state index in [4.69, 9.17) is 9.84 Å². The van der Waals surface area contributed by atoms with Crippen LogP contribution in [0.5, 0.6) is 0 Å². The van der Waals surface area contributed by atoms with E-state index in [2.05, 4.69) is 4.90 Å². The summed E-state index contributed by atoms with van der Waals surface area (Å²) >= 11 is 0. The Balaban J connectivity index is 2.27. The lowest BCUT2D eigenvalue weighted by Crippen LogP contribution is -2.43. The lowest BCUT2D eigenvalue weighted by Gasteiger charge is -2.37. The highest BCUT2D eigenvalue weighted by Crippen LogP contribution is 2.24. The molecular formula is C14H25NO4. The zero-order valence-corrected chi connectivity index (χ0v) is 11.8. The van der Waals surface area contributed by atoms with Gasteiger partial charge in [-0.3, -0.25) is 14.5 Å². The van der Waals surface area contributed by atoms with Crippen molar-refractivity contribution in [2.45, 2.75) is 51.5 Å². The van der Waals surface area contributed by atoms with E-state index in [1.54, 1.807) is 6.92 Å². The van der Waals surface area contributed by atoms with Crippen LogP contribution in [0.25, 0.3) is 0 Å². The maximum atomic E-state index is 11.9. The highest BCUT2D eigenvalue weighted by atomic mass is 16.5. The van der Waals surface area contributed by atoms with Gasteiger partial charge in [0.15, 0.2) is 0 Å². The summed E-state index contributed by atoms with van der Waals surface area (Å²) in [6, 6.07) is 0.484. The summed E-state index contributed by atoms with van der Waals surface area (Å²) in [5.41, 5.74) is 0. The molecule has 5 heteroatoms. The minimum absolute atomic E-state index is 0.0814. The normalized spacial score (nSPS) is 15.3. The Morgan fingerprint density at radius 2 is 2.05 bits per heavy atom. The molecule has 1 fully saturated rings. The molecule has 0 heterocycles. The average molecular weight is 271 g/mol. The van der Waals surface area contributed by atoms with Gasteiger partial charge in [-0.05, 0) is 26.2 Å². The van der Waals surface area contributed by atoms with E-state index < -0.39 is 0 Å². The fourth-order valence-corrected chi connectivity index (χ4v) is 2.20. The summed E-state index contributed by atoms with van der Waals surface area (Å²) in [7, 11) is 0. The molecule has 110 valence electrons. The van der Waals surface area contributed by atoms with Crippen LogP contribution in [0.2, 0.25) is 0 Å². The molecule has 0 unspecified atom stereocenters. The quantitative estimate of drug-likeness (QED) is 0.603. The second-order valence-corrected chi connectivity index (χ2v) is 4.98. The maximum Gasteiger partial charge on any atom is 0.306 e. The first kappa shape index (κ1) is 16.1. The third-order valence-electron chi connectivity index (χ3n) is 3.49. The topological polar surface area (TPSA) is 66.8 Å². The number of carbonyl (C=O) groups is 2. The van der Waals surface area contributed by atoms with Crippen molar-refractivity contribution in [2.75, 3.05) is 26.3 Å². The molecule has 0 aromatic heterocycles. The standard InChI is InChI=1S/C14H25NO4/c1-2-19-14(18)8-7-13(17)11-15(9-4-10-16)12-5-3-6-12/h12,16H,2-11H2,1H3. The van der Waals surface area contributed by atoms with E-state index in [0.29, 0.717) is 25.6 Å². The fourth-order valence-electron chi connectivity index (χ4n) is 2.20. The van der Waals surface area contributed by atoms with Gasteiger partial charge in [-0.25, -0.2) is 0 Å². The zero-order valence-electron chi connectivity index (χ0n) is 11.8. The molecule has 0 atom stereocenters. The molecule has 0 amide bonds. The largest absolute Gasteiger partial charge is 0.466 e. The third kappa shape index (κ3) is 6.16. The summed E-state index contributed by atoms with van der Waals surface area (Å²) in [5, 5.41) is 8.88. The molecule has 0 radical (unpaired) electrons. The minimum Gasteiger partial charge on any atom is -0.466 e. The van der Waals surface area contributed by atoms with Crippen LogP contribution in [-0.4, -0.2) is 54.1 Å². The molecule has 0 spiro atoms. The summed E-state index contributed by atoms with van der Waals surface area (Å²) < 4.78 is 4.80. The lowest BCUT2D eigenvalue weighted by molar-refractivity contribution is -0.144. The van der Waals surface area contributed by atoms with E-state index >= 15 is 0 Å². The Morgan fingerprint density at radius 1 is 1.32 bits per heavy atom. The predicted octanol–water partition coefficient (Wildman–Crippen LogP) is 1.14. The van der Waals surface area contributed by atoms with Crippen molar-refractivity contribution < 1.29 is 19.4 Å². The van der Waals surface area contributed by atoms with Crippen molar-refractivity contribution >= 4 is 11.8 Å². The number of ether oxygens (including phenoxy) is 1. The summed E-state index contributed by atoms with van der Waals surface area (Å²) in [6.45, 7) is 3.42. The van der Waals surface area contributed by atoms with E-state index in [1.165, 1.54) is 6.42 Å².